The van der Waals surface area contributed by atoms with Gasteiger partial charge in [0.25, 0.3) is 5.91 Å². The van der Waals surface area contributed by atoms with E-state index in [-0.39, 0.29) is 12.0 Å². The van der Waals surface area contributed by atoms with Gasteiger partial charge >= 0.3 is 0 Å². The molecule has 3 rings (SSSR count). The standard InChI is InChI=1S/C18H24N2O4/c19-18(21)17-15(10-14-6-8-22-12-14)16(24-20-17)7-9-23-11-13-4-2-1-3-5-13/h1-5,14-16H,6-12H2,(H2,19,21). The Balaban J connectivity index is 1.48. The first kappa shape index (κ1) is 16.9. The summed E-state index contributed by atoms with van der Waals surface area (Å²) < 4.78 is 11.1. The third-order valence-corrected chi connectivity index (χ3v) is 4.61. The Bertz CT molecular complexity index is 570. The number of primary amides is 1. The van der Waals surface area contributed by atoms with Crippen LogP contribution < -0.4 is 5.73 Å². The molecule has 2 heterocycles. The molecule has 2 aliphatic rings. The predicted molar refractivity (Wildman–Crippen MR) is 89.3 cm³/mol. The summed E-state index contributed by atoms with van der Waals surface area (Å²) >= 11 is 0. The van der Waals surface area contributed by atoms with Gasteiger partial charge in [-0.25, -0.2) is 0 Å². The van der Waals surface area contributed by atoms with Crippen LogP contribution in [0, 0.1) is 11.8 Å². The van der Waals surface area contributed by atoms with Crippen LogP contribution in [0.4, 0.5) is 0 Å². The van der Waals surface area contributed by atoms with E-state index < -0.39 is 5.91 Å². The van der Waals surface area contributed by atoms with Crippen molar-refractivity contribution in [3.8, 4) is 0 Å². The smallest absolute Gasteiger partial charge is 0.266 e. The fourth-order valence-electron chi connectivity index (χ4n) is 3.28. The quantitative estimate of drug-likeness (QED) is 0.737. The molecule has 3 atom stereocenters. The highest BCUT2D eigenvalue weighted by Gasteiger charge is 2.38. The second kappa shape index (κ2) is 8.26. The van der Waals surface area contributed by atoms with Gasteiger partial charge < -0.3 is 20.0 Å². The highest BCUT2D eigenvalue weighted by molar-refractivity contribution is 6.39. The first-order valence-corrected chi connectivity index (χ1v) is 8.47. The Morgan fingerprint density at radius 1 is 1.33 bits per heavy atom. The Labute approximate surface area is 141 Å². The molecular weight excluding hydrogens is 308 g/mol. The number of nitrogens with two attached hydrogens (primary N) is 1. The molecule has 0 aliphatic carbocycles. The summed E-state index contributed by atoms with van der Waals surface area (Å²) in [6.07, 6.45) is 2.37. The van der Waals surface area contributed by atoms with E-state index in [1.165, 1.54) is 0 Å². The molecule has 0 bridgehead atoms. The van der Waals surface area contributed by atoms with Gasteiger partial charge in [-0.3, -0.25) is 4.79 Å². The number of carbonyl (C=O) groups excluding carboxylic acids is 1. The molecule has 0 radical (unpaired) electrons. The maximum absolute atomic E-state index is 11.6. The highest BCUT2D eigenvalue weighted by atomic mass is 16.6. The third-order valence-electron chi connectivity index (χ3n) is 4.61. The summed E-state index contributed by atoms with van der Waals surface area (Å²) in [5, 5.41) is 3.92. The van der Waals surface area contributed by atoms with Crippen LogP contribution in [0.2, 0.25) is 0 Å². The van der Waals surface area contributed by atoms with E-state index in [0.29, 0.717) is 31.3 Å². The van der Waals surface area contributed by atoms with Crippen molar-refractivity contribution in [1.29, 1.82) is 0 Å². The van der Waals surface area contributed by atoms with Crippen molar-refractivity contribution in [3.63, 3.8) is 0 Å². The first-order valence-electron chi connectivity index (χ1n) is 8.47. The highest BCUT2D eigenvalue weighted by Crippen LogP contribution is 2.30. The van der Waals surface area contributed by atoms with Crippen molar-refractivity contribution in [2.45, 2.75) is 32.0 Å². The van der Waals surface area contributed by atoms with Crippen LogP contribution in [-0.4, -0.2) is 37.5 Å². The Kier molecular flexibility index (Phi) is 5.82. The number of oxime groups is 1. The molecule has 2 aliphatic heterocycles. The summed E-state index contributed by atoms with van der Waals surface area (Å²) in [4.78, 5) is 17.1. The molecule has 6 nitrogen and oxygen atoms in total. The molecule has 1 aromatic rings. The van der Waals surface area contributed by atoms with Crippen LogP contribution >= 0.6 is 0 Å². The third kappa shape index (κ3) is 4.33. The van der Waals surface area contributed by atoms with Crippen LogP contribution in [0.5, 0.6) is 0 Å². The number of ether oxygens (including phenoxy) is 2. The number of amides is 1. The zero-order valence-corrected chi connectivity index (χ0v) is 13.7. The Morgan fingerprint density at radius 2 is 2.17 bits per heavy atom. The maximum Gasteiger partial charge on any atom is 0.266 e. The predicted octanol–water partition coefficient (Wildman–Crippen LogP) is 1.88. The molecular formula is C18H24N2O4. The molecule has 1 fully saturated rings. The van der Waals surface area contributed by atoms with Gasteiger partial charge in [-0.05, 0) is 24.3 Å². The van der Waals surface area contributed by atoms with E-state index in [9.17, 15) is 4.79 Å². The van der Waals surface area contributed by atoms with Crippen LogP contribution in [0.25, 0.3) is 0 Å². The van der Waals surface area contributed by atoms with Crippen molar-refractivity contribution in [3.05, 3.63) is 35.9 Å². The van der Waals surface area contributed by atoms with Gasteiger partial charge in [0.1, 0.15) is 6.10 Å². The first-order chi connectivity index (χ1) is 11.7. The minimum Gasteiger partial charge on any atom is -0.391 e. The minimum atomic E-state index is -0.494. The molecule has 0 aromatic heterocycles. The van der Waals surface area contributed by atoms with Crippen molar-refractivity contribution in [1.82, 2.24) is 0 Å². The molecule has 0 saturated carbocycles. The Hall–Kier alpha value is -1.92. The van der Waals surface area contributed by atoms with E-state index >= 15 is 0 Å². The lowest BCUT2D eigenvalue weighted by Crippen LogP contribution is -2.34. The normalized spacial score (nSPS) is 26.2. The van der Waals surface area contributed by atoms with E-state index in [0.717, 1.165) is 31.6 Å². The van der Waals surface area contributed by atoms with Gasteiger partial charge in [-0.15, -0.1) is 0 Å². The lowest BCUT2D eigenvalue weighted by molar-refractivity contribution is -0.112. The zero-order chi connectivity index (χ0) is 16.8. The van der Waals surface area contributed by atoms with Gasteiger partial charge in [-0.1, -0.05) is 35.5 Å². The second-order valence-corrected chi connectivity index (χ2v) is 6.38. The van der Waals surface area contributed by atoms with E-state index in [1.807, 2.05) is 30.3 Å². The molecule has 0 spiro atoms. The molecule has 6 heteroatoms. The molecule has 24 heavy (non-hydrogen) atoms. The van der Waals surface area contributed by atoms with Crippen LogP contribution in [0.1, 0.15) is 24.8 Å². The fraction of sp³-hybridized carbons (Fsp3) is 0.556. The second-order valence-electron chi connectivity index (χ2n) is 6.38. The molecule has 2 N–H and O–H groups in total. The average Bonchev–Trinajstić information content (AvgIpc) is 3.23. The number of carbonyl (C=O) groups is 1. The monoisotopic (exact) mass is 332 g/mol. The van der Waals surface area contributed by atoms with Crippen LogP contribution in [0.3, 0.4) is 0 Å². The summed E-state index contributed by atoms with van der Waals surface area (Å²) in [5.74, 6) is -0.116. The molecule has 1 amide bonds. The van der Waals surface area contributed by atoms with Gasteiger partial charge in [0.2, 0.25) is 0 Å². The van der Waals surface area contributed by atoms with Crippen molar-refractivity contribution >= 4 is 11.6 Å². The molecule has 3 unspecified atom stereocenters. The maximum atomic E-state index is 11.6. The van der Waals surface area contributed by atoms with Gasteiger partial charge in [0, 0.05) is 19.6 Å². The van der Waals surface area contributed by atoms with Gasteiger partial charge in [-0.2, -0.15) is 0 Å². The largest absolute Gasteiger partial charge is 0.391 e. The molecule has 130 valence electrons. The summed E-state index contributed by atoms with van der Waals surface area (Å²) in [7, 11) is 0. The number of nitrogens with zero attached hydrogens (tertiary/aromatic N) is 1. The van der Waals surface area contributed by atoms with Crippen LogP contribution in [0.15, 0.2) is 35.5 Å². The average molecular weight is 332 g/mol. The molecule has 1 aromatic carbocycles. The number of benzene rings is 1. The van der Waals surface area contributed by atoms with E-state index in [2.05, 4.69) is 5.16 Å². The van der Waals surface area contributed by atoms with Crippen LogP contribution in [-0.2, 0) is 25.7 Å². The number of hydrogen-bond acceptors (Lipinski definition) is 5. The van der Waals surface area contributed by atoms with Crippen molar-refractivity contribution in [2.75, 3.05) is 19.8 Å². The SMILES string of the molecule is NC(=O)C1=NOC(CCOCc2ccccc2)C1CC1CCOC1. The summed E-state index contributed by atoms with van der Waals surface area (Å²) in [6.45, 7) is 2.64. The number of rotatable bonds is 8. The lowest BCUT2D eigenvalue weighted by Gasteiger charge is -2.20. The van der Waals surface area contributed by atoms with E-state index in [1.54, 1.807) is 0 Å². The summed E-state index contributed by atoms with van der Waals surface area (Å²) in [5.41, 5.74) is 6.94. The number of hydrogen-bond donors (Lipinski definition) is 1. The van der Waals surface area contributed by atoms with Crippen molar-refractivity contribution < 1.29 is 19.1 Å². The van der Waals surface area contributed by atoms with E-state index in [4.69, 9.17) is 20.0 Å². The van der Waals surface area contributed by atoms with Gasteiger partial charge in [0.15, 0.2) is 5.71 Å². The van der Waals surface area contributed by atoms with Gasteiger partial charge in [0.05, 0.1) is 19.1 Å². The fourth-order valence-corrected chi connectivity index (χ4v) is 3.28. The minimum absolute atomic E-state index is 0.0606. The van der Waals surface area contributed by atoms with Crippen molar-refractivity contribution in [2.24, 2.45) is 22.7 Å². The molecule has 1 saturated heterocycles. The Morgan fingerprint density at radius 3 is 2.88 bits per heavy atom. The zero-order valence-electron chi connectivity index (χ0n) is 13.7. The summed E-state index contributed by atoms with van der Waals surface area (Å²) in [6, 6.07) is 10.0. The topological polar surface area (TPSA) is 83.1 Å². The lowest BCUT2D eigenvalue weighted by atomic mass is 9.85.